The molecule has 0 radical (unpaired) electrons. The number of rotatable bonds is 4. The van der Waals surface area contributed by atoms with Crippen LogP contribution in [0.5, 0.6) is 0 Å². The number of hydrogen-bond acceptors (Lipinski definition) is 5. The lowest BCUT2D eigenvalue weighted by Crippen LogP contribution is -1.92. The normalized spacial score (nSPS) is 11.8. The third kappa shape index (κ3) is 4.08. The molecule has 0 N–H and O–H groups in total. The highest BCUT2D eigenvalue weighted by Crippen LogP contribution is 2.38. The predicted octanol–water partition coefficient (Wildman–Crippen LogP) is 11.5. The molecule has 5 nitrogen and oxygen atoms in total. The van der Waals surface area contributed by atoms with Gasteiger partial charge in [0.05, 0.1) is 11.3 Å². The summed E-state index contributed by atoms with van der Waals surface area (Å²) in [6.07, 6.45) is 5.76. The molecule has 0 aliphatic rings. The van der Waals surface area contributed by atoms with Crippen LogP contribution in [0.1, 0.15) is 0 Å². The van der Waals surface area contributed by atoms with Gasteiger partial charge in [0, 0.05) is 56.8 Å². The molecule has 0 saturated carbocycles. The molecule has 0 aliphatic carbocycles. The molecule has 0 saturated heterocycles. The summed E-state index contributed by atoms with van der Waals surface area (Å²) in [5, 5.41) is 6.62. The van der Waals surface area contributed by atoms with Crippen molar-refractivity contribution in [2.45, 2.75) is 0 Å². The fourth-order valence-electron chi connectivity index (χ4n) is 7.00. The van der Waals surface area contributed by atoms with Crippen LogP contribution in [0, 0.1) is 0 Å². The summed E-state index contributed by atoms with van der Waals surface area (Å²) >= 11 is 0. The van der Waals surface area contributed by atoms with Gasteiger partial charge in [-0.1, -0.05) is 103 Å². The van der Waals surface area contributed by atoms with E-state index in [0.29, 0.717) is 5.82 Å². The maximum absolute atomic E-state index is 6.27. The molecule has 0 spiro atoms. The van der Waals surface area contributed by atoms with Gasteiger partial charge in [0.2, 0.25) is 0 Å². The van der Waals surface area contributed by atoms with Crippen LogP contribution in [0.3, 0.4) is 0 Å². The van der Waals surface area contributed by atoms with Crippen molar-refractivity contribution in [3.05, 3.63) is 152 Å². The fraction of sp³-hybridized carbons (Fsp3) is 0. The van der Waals surface area contributed by atoms with Crippen LogP contribution < -0.4 is 0 Å². The van der Waals surface area contributed by atoms with Crippen molar-refractivity contribution in [3.8, 4) is 44.9 Å². The highest BCUT2D eigenvalue weighted by molar-refractivity contribution is 6.10. The lowest BCUT2D eigenvalue weighted by atomic mass is 9.94. The number of aromatic nitrogens is 3. The van der Waals surface area contributed by atoms with Crippen molar-refractivity contribution >= 4 is 54.6 Å². The molecule has 0 unspecified atom stereocenters. The zero-order valence-corrected chi connectivity index (χ0v) is 25.6. The standard InChI is InChI=1S/C43H25N3O2/c1-3-19-39-32(9-1)34-15-7-17-36(41(34)47-39)38-22-21-26(23-44-38)28-11-5-14-31-29(12-6-13-30(28)31)27-24-45-43(46-25-27)37-18-8-16-35-33-10-2-4-20-40(33)48-42(35)37/h1-25H. The monoisotopic (exact) mass is 615 g/mol. The van der Waals surface area contributed by atoms with E-state index in [1.165, 1.54) is 0 Å². The van der Waals surface area contributed by atoms with E-state index in [4.69, 9.17) is 23.8 Å². The minimum Gasteiger partial charge on any atom is -0.455 e. The smallest absolute Gasteiger partial charge is 0.162 e. The van der Waals surface area contributed by atoms with E-state index in [9.17, 15) is 0 Å². The largest absolute Gasteiger partial charge is 0.455 e. The van der Waals surface area contributed by atoms with Gasteiger partial charge in [-0.3, -0.25) is 4.98 Å². The second-order valence-corrected chi connectivity index (χ2v) is 12.0. The van der Waals surface area contributed by atoms with E-state index in [1.54, 1.807) is 0 Å². The summed E-state index contributed by atoms with van der Waals surface area (Å²) in [6, 6.07) is 45.6. The highest BCUT2D eigenvalue weighted by Gasteiger charge is 2.16. The number of furan rings is 2. The van der Waals surface area contributed by atoms with Crippen molar-refractivity contribution in [1.29, 1.82) is 0 Å². The van der Waals surface area contributed by atoms with Gasteiger partial charge in [0.1, 0.15) is 22.3 Å². The Morgan fingerprint density at radius 1 is 0.333 bits per heavy atom. The Balaban J connectivity index is 1.01. The summed E-state index contributed by atoms with van der Waals surface area (Å²) in [5.74, 6) is 0.633. The van der Waals surface area contributed by atoms with Gasteiger partial charge >= 0.3 is 0 Å². The van der Waals surface area contributed by atoms with Crippen molar-refractivity contribution in [1.82, 2.24) is 15.0 Å². The SMILES string of the molecule is c1ccc2c(c1)oc1c(-c3ccc(-c4cccc5c(-c6cnc(-c7cccc8c7oc7ccccc78)nc6)cccc45)cn3)cccc12. The minimum atomic E-state index is 0.633. The second kappa shape index (κ2) is 10.5. The maximum Gasteiger partial charge on any atom is 0.162 e. The number of nitrogens with zero attached hydrogens (tertiary/aromatic N) is 3. The molecule has 6 aromatic carbocycles. The molecule has 5 heteroatoms. The van der Waals surface area contributed by atoms with Crippen LogP contribution in [0.25, 0.3) is 99.5 Å². The molecule has 0 bridgehead atoms. The molecular formula is C43H25N3O2. The van der Waals surface area contributed by atoms with Gasteiger partial charge in [-0.25, -0.2) is 9.97 Å². The Morgan fingerprint density at radius 3 is 1.42 bits per heavy atom. The Hall–Kier alpha value is -6.59. The molecule has 0 amide bonds. The number of benzene rings is 6. The van der Waals surface area contributed by atoms with Crippen molar-refractivity contribution in [2.24, 2.45) is 0 Å². The molecule has 0 atom stereocenters. The number of hydrogen-bond donors (Lipinski definition) is 0. The fourth-order valence-corrected chi connectivity index (χ4v) is 7.00. The Morgan fingerprint density at radius 2 is 0.812 bits per heavy atom. The molecule has 10 rings (SSSR count). The van der Waals surface area contributed by atoms with Gasteiger partial charge in [-0.15, -0.1) is 0 Å². The van der Waals surface area contributed by atoms with Crippen molar-refractivity contribution in [2.75, 3.05) is 0 Å². The van der Waals surface area contributed by atoms with E-state index in [-0.39, 0.29) is 0 Å². The van der Waals surface area contributed by atoms with Crippen molar-refractivity contribution < 1.29 is 8.83 Å². The molecule has 48 heavy (non-hydrogen) atoms. The lowest BCUT2D eigenvalue weighted by molar-refractivity contribution is 0.669. The molecule has 10 aromatic rings. The second-order valence-electron chi connectivity index (χ2n) is 12.0. The average molecular weight is 616 g/mol. The Bertz CT molecular complexity index is 2630. The van der Waals surface area contributed by atoms with Crippen LogP contribution in [0.15, 0.2) is 161 Å². The first-order valence-corrected chi connectivity index (χ1v) is 15.9. The van der Waals surface area contributed by atoms with Crippen LogP contribution >= 0.6 is 0 Å². The van der Waals surface area contributed by atoms with E-state index < -0.39 is 0 Å². The summed E-state index contributed by atoms with van der Waals surface area (Å²) < 4.78 is 12.5. The molecule has 4 heterocycles. The van der Waals surface area contributed by atoms with Crippen molar-refractivity contribution in [3.63, 3.8) is 0 Å². The van der Waals surface area contributed by atoms with E-state index in [2.05, 4.69) is 84.9 Å². The molecule has 4 aromatic heterocycles. The van der Waals surface area contributed by atoms with Crippen LogP contribution in [0.2, 0.25) is 0 Å². The summed E-state index contributed by atoms with van der Waals surface area (Å²) in [7, 11) is 0. The Kier molecular flexibility index (Phi) is 5.81. The zero-order valence-electron chi connectivity index (χ0n) is 25.6. The van der Waals surface area contributed by atoms with Gasteiger partial charge in [0.15, 0.2) is 5.82 Å². The summed E-state index contributed by atoms with van der Waals surface area (Å²) in [5.41, 5.74) is 10.3. The quantitative estimate of drug-likeness (QED) is 0.197. The van der Waals surface area contributed by atoms with E-state index in [0.717, 1.165) is 93.7 Å². The summed E-state index contributed by atoms with van der Waals surface area (Å²) in [6.45, 7) is 0. The molecule has 0 aliphatic heterocycles. The molecular weight excluding hydrogens is 590 g/mol. The third-order valence-corrected chi connectivity index (χ3v) is 9.28. The van der Waals surface area contributed by atoms with E-state index in [1.807, 2.05) is 67.1 Å². The van der Waals surface area contributed by atoms with Crippen LogP contribution in [-0.2, 0) is 0 Å². The molecule has 0 fully saturated rings. The molecule has 224 valence electrons. The lowest BCUT2D eigenvalue weighted by Gasteiger charge is -2.12. The van der Waals surface area contributed by atoms with Gasteiger partial charge in [-0.2, -0.15) is 0 Å². The predicted molar refractivity (Wildman–Crippen MR) is 194 cm³/mol. The maximum atomic E-state index is 6.27. The topological polar surface area (TPSA) is 65.0 Å². The van der Waals surface area contributed by atoms with Crippen LogP contribution in [-0.4, -0.2) is 15.0 Å². The average Bonchev–Trinajstić information content (AvgIpc) is 3.73. The first kappa shape index (κ1) is 26.6. The zero-order chi connectivity index (χ0) is 31.6. The highest BCUT2D eigenvalue weighted by atomic mass is 16.3. The third-order valence-electron chi connectivity index (χ3n) is 9.28. The van der Waals surface area contributed by atoms with Gasteiger partial charge < -0.3 is 8.83 Å². The van der Waals surface area contributed by atoms with Gasteiger partial charge in [0.25, 0.3) is 0 Å². The number of para-hydroxylation sites is 4. The van der Waals surface area contributed by atoms with Crippen LogP contribution in [0.4, 0.5) is 0 Å². The summed E-state index contributed by atoms with van der Waals surface area (Å²) in [4.78, 5) is 14.6. The minimum absolute atomic E-state index is 0.633. The first-order chi connectivity index (χ1) is 23.8. The first-order valence-electron chi connectivity index (χ1n) is 15.9. The Labute approximate surface area is 274 Å². The number of pyridine rings is 1. The van der Waals surface area contributed by atoms with Gasteiger partial charge in [-0.05, 0) is 52.2 Å². The van der Waals surface area contributed by atoms with E-state index >= 15 is 0 Å². The number of fused-ring (bicyclic) bond motifs is 7.